The summed E-state index contributed by atoms with van der Waals surface area (Å²) < 4.78 is 2.11. The smallest absolute Gasteiger partial charge is 0.235 e. The maximum Gasteiger partial charge on any atom is 0.235 e. The molecule has 0 aliphatic carbocycles. The number of benzene rings is 2. The minimum Gasteiger partial charge on any atom is -0.308 e. The zero-order valence-corrected chi connectivity index (χ0v) is 16.6. The van der Waals surface area contributed by atoms with Crippen molar-refractivity contribution < 1.29 is 4.79 Å². The molecule has 1 amide bonds. The molecule has 0 saturated heterocycles. The molecule has 3 heterocycles. The van der Waals surface area contributed by atoms with Gasteiger partial charge in [0, 0.05) is 29.9 Å². The topological polar surface area (TPSA) is 51.0 Å². The molecule has 7 heteroatoms. The largest absolute Gasteiger partial charge is 0.308 e. The number of carbonyl (C=O) groups excluding carboxylic acids is 1. The number of hydrogen-bond donors (Lipinski definition) is 0. The van der Waals surface area contributed by atoms with Crippen molar-refractivity contribution in [1.29, 1.82) is 0 Å². The first-order chi connectivity index (χ1) is 13.7. The van der Waals surface area contributed by atoms with E-state index in [1.54, 1.807) is 16.2 Å². The number of carbonyl (C=O) groups is 1. The van der Waals surface area contributed by atoms with E-state index in [2.05, 4.69) is 14.5 Å². The summed E-state index contributed by atoms with van der Waals surface area (Å²) >= 11 is 7.63. The highest BCUT2D eigenvalue weighted by molar-refractivity contribution is 7.09. The Morgan fingerprint density at radius 3 is 2.89 bits per heavy atom. The molecule has 140 valence electrons. The highest BCUT2D eigenvalue weighted by Crippen LogP contribution is 2.28. The van der Waals surface area contributed by atoms with Crippen LogP contribution >= 0.6 is 22.9 Å². The highest BCUT2D eigenvalue weighted by Gasteiger charge is 2.28. The fourth-order valence-corrected chi connectivity index (χ4v) is 4.65. The van der Waals surface area contributed by atoms with Gasteiger partial charge in [-0.15, -0.1) is 11.3 Å². The van der Waals surface area contributed by atoms with Crippen LogP contribution in [0.5, 0.6) is 0 Å². The molecule has 2 aromatic heterocycles. The number of fused-ring (bicyclic) bond motifs is 3. The molecule has 28 heavy (non-hydrogen) atoms. The monoisotopic (exact) mass is 408 g/mol. The van der Waals surface area contributed by atoms with Crippen molar-refractivity contribution in [2.24, 2.45) is 0 Å². The van der Waals surface area contributed by atoms with Crippen molar-refractivity contribution in [3.63, 3.8) is 0 Å². The Balaban J connectivity index is 1.31. The first kappa shape index (κ1) is 17.4. The first-order valence-electron chi connectivity index (χ1n) is 9.11. The van der Waals surface area contributed by atoms with E-state index in [-0.39, 0.29) is 12.3 Å². The lowest BCUT2D eigenvalue weighted by atomic mass is 10.2. The molecule has 0 atom stereocenters. The van der Waals surface area contributed by atoms with E-state index >= 15 is 0 Å². The maximum absolute atomic E-state index is 12.9. The summed E-state index contributed by atoms with van der Waals surface area (Å²) in [6, 6.07) is 15.8. The second-order valence-electron chi connectivity index (χ2n) is 6.81. The average molecular weight is 409 g/mol. The lowest BCUT2D eigenvalue weighted by Gasteiger charge is -2.12. The molecule has 4 aromatic rings. The molecular weight excluding hydrogens is 392 g/mol. The number of halogens is 1. The number of thiazole rings is 1. The third-order valence-corrected chi connectivity index (χ3v) is 6.03. The number of para-hydroxylation sites is 2. The van der Waals surface area contributed by atoms with Crippen molar-refractivity contribution in [1.82, 2.24) is 14.5 Å². The molecule has 0 fully saturated rings. The van der Waals surface area contributed by atoms with Crippen LogP contribution in [-0.4, -0.2) is 27.0 Å². The van der Waals surface area contributed by atoms with Crippen LogP contribution in [0.25, 0.3) is 11.0 Å². The quantitative estimate of drug-likeness (QED) is 0.505. The third kappa shape index (κ3) is 3.19. The van der Waals surface area contributed by atoms with Crippen molar-refractivity contribution in [3.8, 4) is 0 Å². The zero-order chi connectivity index (χ0) is 19.1. The van der Waals surface area contributed by atoms with Gasteiger partial charge in [0.15, 0.2) is 0 Å². The Labute approximate surface area is 171 Å². The van der Waals surface area contributed by atoms with Gasteiger partial charge in [-0.05, 0) is 29.8 Å². The molecule has 1 aliphatic heterocycles. The number of imidazole rings is 1. The number of hydrogen-bond acceptors (Lipinski definition) is 4. The Morgan fingerprint density at radius 1 is 1.11 bits per heavy atom. The van der Waals surface area contributed by atoms with E-state index in [4.69, 9.17) is 11.6 Å². The summed E-state index contributed by atoms with van der Waals surface area (Å²) in [4.78, 5) is 24.0. The Bertz CT molecular complexity index is 1180. The minimum atomic E-state index is 0.0358. The van der Waals surface area contributed by atoms with Crippen LogP contribution in [0.15, 0.2) is 53.9 Å². The molecule has 0 N–H and O–H groups in total. The van der Waals surface area contributed by atoms with E-state index in [0.717, 1.165) is 51.2 Å². The SMILES string of the molecule is O=C(Cc1csc(Cc2cccc(Cl)c2)n1)N1CCn2c1nc1ccccc12. The van der Waals surface area contributed by atoms with Gasteiger partial charge in [0.1, 0.15) is 0 Å². The number of nitrogens with zero attached hydrogens (tertiary/aromatic N) is 4. The summed E-state index contributed by atoms with van der Waals surface area (Å²) in [6.07, 6.45) is 1.01. The van der Waals surface area contributed by atoms with Crippen LogP contribution in [0, 0.1) is 0 Å². The normalized spacial score (nSPS) is 13.2. The van der Waals surface area contributed by atoms with Gasteiger partial charge in [0.25, 0.3) is 0 Å². The van der Waals surface area contributed by atoms with E-state index < -0.39 is 0 Å². The fourth-order valence-electron chi connectivity index (χ4n) is 3.61. The maximum atomic E-state index is 12.9. The molecule has 0 saturated carbocycles. The summed E-state index contributed by atoms with van der Waals surface area (Å²) in [7, 11) is 0. The van der Waals surface area contributed by atoms with Gasteiger partial charge in [-0.25, -0.2) is 9.97 Å². The number of aromatic nitrogens is 3. The first-order valence-corrected chi connectivity index (χ1v) is 10.4. The summed E-state index contributed by atoms with van der Waals surface area (Å²) in [5, 5.41) is 3.68. The molecule has 0 unspecified atom stereocenters. The molecule has 0 spiro atoms. The van der Waals surface area contributed by atoms with Gasteiger partial charge in [-0.3, -0.25) is 9.69 Å². The Morgan fingerprint density at radius 2 is 2.00 bits per heavy atom. The molecule has 1 aliphatic rings. The highest BCUT2D eigenvalue weighted by atomic mass is 35.5. The van der Waals surface area contributed by atoms with Crippen LogP contribution in [-0.2, 0) is 24.2 Å². The van der Waals surface area contributed by atoms with Gasteiger partial charge in [-0.1, -0.05) is 35.9 Å². The molecule has 0 radical (unpaired) electrons. The summed E-state index contributed by atoms with van der Waals surface area (Å²) in [5.74, 6) is 0.772. The predicted molar refractivity (Wildman–Crippen MR) is 112 cm³/mol. The number of amides is 1. The lowest BCUT2D eigenvalue weighted by Crippen LogP contribution is -2.31. The van der Waals surface area contributed by atoms with E-state index in [0.29, 0.717) is 6.54 Å². The number of rotatable bonds is 4. The van der Waals surface area contributed by atoms with Crippen LogP contribution < -0.4 is 4.90 Å². The molecule has 5 rings (SSSR count). The summed E-state index contributed by atoms with van der Waals surface area (Å²) in [6.45, 7) is 1.43. The van der Waals surface area contributed by atoms with Gasteiger partial charge >= 0.3 is 0 Å². The molecule has 5 nitrogen and oxygen atoms in total. The fraction of sp³-hybridized carbons (Fsp3) is 0.190. The molecule has 2 aromatic carbocycles. The second-order valence-corrected chi connectivity index (χ2v) is 8.19. The number of anilines is 1. The minimum absolute atomic E-state index is 0.0358. The van der Waals surface area contributed by atoms with E-state index in [1.165, 1.54) is 0 Å². The Hall–Kier alpha value is -2.70. The lowest BCUT2D eigenvalue weighted by molar-refractivity contribution is -0.117. The zero-order valence-electron chi connectivity index (χ0n) is 15.0. The second kappa shape index (κ2) is 7.04. The molecular formula is C21H17ClN4OS. The van der Waals surface area contributed by atoms with E-state index in [9.17, 15) is 4.79 Å². The van der Waals surface area contributed by atoms with Crippen molar-refractivity contribution >= 4 is 45.8 Å². The van der Waals surface area contributed by atoms with Gasteiger partial charge in [0.2, 0.25) is 11.9 Å². The standard InChI is InChI=1S/C21H17ClN4OS/c22-15-5-3-4-14(10-15)11-19-23-16(13-28-19)12-20(27)26-9-8-25-18-7-2-1-6-17(18)24-21(25)26/h1-7,10,13H,8-9,11-12H2. The van der Waals surface area contributed by atoms with Crippen LogP contribution in [0.1, 0.15) is 16.3 Å². The Kier molecular flexibility index (Phi) is 4.37. The third-order valence-electron chi connectivity index (χ3n) is 4.90. The van der Waals surface area contributed by atoms with Crippen LogP contribution in [0.4, 0.5) is 5.95 Å². The predicted octanol–water partition coefficient (Wildman–Crippen LogP) is 4.33. The van der Waals surface area contributed by atoms with Crippen LogP contribution in [0.3, 0.4) is 0 Å². The van der Waals surface area contributed by atoms with E-state index in [1.807, 2.05) is 53.9 Å². The van der Waals surface area contributed by atoms with Gasteiger partial charge < -0.3 is 4.57 Å². The van der Waals surface area contributed by atoms with Gasteiger partial charge in [0.05, 0.1) is 28.2 Å². The van der Waals surface area contributed by atoms with Crippen molar-refractivity contribution in [2.45, 2.75) is 19.4 Å². The van der Waals surface area contributed by atoms with Gasteiger partial charge in [-0.2, -0.15) is 0 Å². The molecule has 0 bridgehead atoms. The average Bonchev–Trinajstić information content (AvgIpc) is 3.37. The summed E-state index contributed by atoms with van der Waals surface area (Å²) in [5.41, 5.74) is 3.92. The van der Waals surface area contributed by atoms with Crippen molar-refractivity contribution in [3.05, 3.63) is 75.2 Å². The van der Waals surface area contributed by atoms with Crippen molar-refractivity contribution in [2.75, 3.05) is 11.4 Å². The van der Waals surface area contributed by atoms with Crippen LogP contribution in [0.2, 0.25) is 5.02 Å².